The summed E-state index contributed by atoms with van der Waals surface area (Å²) in [4.78, 5) is 16.7. The van der Waals surface area contributed by atoms with Crippen molar-refractivity contribution in [1.29, 1.82) is 0 Å². The maximum absolute atomic E-state index is 11.7. The normalized spacial score (nSPS) is 12.9. The Morgan fingerprint density at radius 1 is 1.47 bits per heavy atom. The zero-order valence-electron chi connectivity index (χ0n) is 9.03. The molecule has 82 valence electrons. The van der Waals surface area contributed by atoms with Crippen molar-refractivity contribution < 1.29 is 4.79 Å². The molecule has 1 unspecified atom stereocenters. The van der Waals surface area contributed by atoms with E-state index >= 15 is 0 Å². The van der Waals surface area contributed by atoms with E-state index < -0.39 is 5.38 Å². The second kappa shape index (κ2) is 5.52. The quantitative estimate of drug-likeness (QED) is 0.461. The van der Waals surface area contributed by atoms with Crippen LogP contribution in [0.2, 0.25) is 0 Å². The molecule has 0 N–H and O–H groups in total. The van der Waals surface area contributed by atoms with Crippen molar-refractivity contribution in [2.45, 2.75) is 36.3 Å². The zero-order chi connectivity index (χ0) is 11.4. The lowest BCUT2D eigenvalue weighted by atomic mass is 10.2. The number of aromatic nitrogens is 1. The molecular weight excluding hydrogens is 230 g/mol. The summed E-state index contributed by atoms with van der Waals surface area (Å²) in [6.07, 6.45) is 1.62. The summed E-state index contributed by atoms with van der Waals surface area (Å²) >= 11 is 7.40. The molecule has 1 aromatic rings. The van der Waals surface area contributed by atoms with Crippen LogP contribution in [0.1, 0.15) is 31.3 Å². The number of hydrogen-bond acceptors (Lipinski definition) is 3. The van der Waals surface area contributed by atoms with Gasteiger partial charge in [-0.15, -0.1) is 23.4 Å². The summed E-state index contributed by atoms with van der Waals surface area (Å²) in [6.45, 7) is 5.83. The van der Waals surface area contributed by atoms with Gasteiger partial charge in [0.15, 0.2) is 5.78 Å². The number of hydrogen-bond donors (Lipinski definition) is 0. The lowest BCUT2D eigenvalue weighted by Gasteiger charge is -2.09. The Morgan fingerprint density at radius 3 is 2.67 bits per heavy atom. The molecule has 1 atom stereocenters. The number of Topliss-reactive ketones (excluding diaryl/α,β-unsaturated/α-hetero) is 1. The smallest absolute Gasteiger partial charge is 0.199 e. The number of pyridine rings is 1. The van der Waals surface area contributed by atoms with Gasteiger partial charge in [-0.05, 0) is 19.1 Å². The van der Waals surface area contributed by atoms with Crippen molar-refractivity contribution in [3.05, 3.63) is 24.0 Å². The molecule has 1 rings (SSSR count). The molecule has 0 aliphatic heterocycles. The minimum atomic E-state index is -0.522. The number of alkyl halides is 1. The first-order valence-electron chi connectivity index (χ1n) is 4.82. The maximum Gasteiger partial charge on any atom is 0.199 e. The topological polar surface area (TPSA) is 30.0 Å². The molecule has 0 spiro atoms. The van der Waals surface area contributed by atoms with Gasteiger partial charge in [0.2, 0.25) is 0 Å². The van der Waals surface area contributed by atoms with E-state index in [4.69, 9.17) is 11.6 Å². The van der Waals surface area contributed by atoms with Crippen LogP contribution in [-0.4, -0.2) is 21.4 Å². The van der Waals surface area contributed by atoms with Crippen molar-refractivity contribution >= 4 is 29.1 Å². The van der Waals surface area contributed by atoms with E-state index in [9.17, 15) is 4.79 Å². The van der Waals surface area contributed by atoms with Crippen LogP contribution in [0.15, 0.2) is 23.2 Å². The van der Waals surface area contributed by atoms with E-state index in [1.54, 1.807) is 24.9 Å². The highest BCUT2D eigenvalue weighted by molar-refractivity contribution is 8.00. The molecule has 1 aromatic heterocycles. The average Bonchev–Trinajstić information content (AvgIpc) is 2.16. The molecule has 2 nitrogen and oxygen atoms in total. The summed E-state index contributed by atoms with van der Waals surface area (Å²) in [5.41, 5.74) is 0.485. The lowest BCUT2D eigenvalue weighted by molar-refractivity contribution is 0.0984. The van der Waals surface area contributed by atoms with E-state index in [1.807, 2.05) is 12.1 Å². The van der Waals surface area contributed by atoms with Crippen LogP contribution in [0.4, 0.5) is 0 Å². The second-order valence-electron chi connectivity index (χ2n) is 3.50. The number of carbonyl (C=O) groups is 1. The van der Waals surface area contributed by atoms with E-state index in [0.29, 0.717) is 10.9 Å². The molecule has 0 fully saturated rings. The highest BCUT2D eigenvalue weighted by Crippen LogP contribution is 2.26. The van der Waals surface area contributed by atoms with Gasteiger partial charge >= 0.3 is 0 Å². The van der Waals surface area contributed by atoms with Crippen LogP contribution in [0.5, 0.6) is 0 Å². The van der Waals surface area contributed by atoms with Crippen LogP contribution in [0.25, 0.3) is 0 Å². The number of rotatable bonds is 4. The fourth-order valence-corrected chi connectivity index (χ4v) is 2.15. The van der Waals surface area contributed by atoms with Crippen molar-refractivity contribution in [1.82, 2.24) is 4.98 Å². The molecule has 0 saturated carbocycles. The van der Waals surface area contributed by atoms with Crippen LogP contribution in [0, 0.1) is 0 Å². The Kier molecular flexibility index (Phi) is 4.61. The third-order valence-corrected chi connectivity index (χ3v) is 2.98. The van der Waals surface area contributed by atoms with Crippen molar-refractivity contribution in [3.63, 3.8) is 0 Å². The van der Waals surface area contributed by atoms with Crippen molar-refractivity contribution in [3.8, 4) is 0 Å². The van der Waals surface area contributed by atoms with E-state index in [-0.39, 0.29) is 5.78 Å². The van der Waals surface area contributed by atoms with Crippen LogP contribution >= 0.6 is 23.4 Å². The molecule has 4 heteroatoms. The molecule has 0 aliphatic carbocycles. The van der Waals surface area contributed by atoms with Crippen LogP contribution < -0.4 is 0 Å². The number of carbonyl (C=O) groups excluding carboxylic acids is 1. The van der Waals surface area contributed by atoms with Crippen molar-refractivity contribution in [2.75, 3.05) is 0 Å². The molecule has 0 aliphatic rings. The molecule has 0 saturated heterocycles. The van der Waals surface area contributed by atoms with E-state index in [1.165, 1.54) is 0 Å². The van der Waals surface area contributed by atoms with Gasteiger partial charge in [-0.3, -0.25) is 9.78 Å². The first-order chi connectivity index (χ1) is 7.02. The van der Waals surface area contributed by atoms with Gasteiger partial charge < -0.3 is 0 Å². The minimum Gasteiger partial charge on any atom is -0.291 e. The molecule has 1 heterocycles. The largest absolute Gasteiger partial charge is 0.291 e. The third kappa shape index (κ3) is 3.50. The molecule has 15 heavy (non-hydrogen) atoms. The van der Waals surface area contributed by atoms with Gasteiger partial charge in [-0.2, -0.15) is 0 Å². The SMILES string of the molecule is CC(C)Sc1cccnc1C(=O)C(C)Cl. The molecule has 0 radical (unpaired) electrons. The zero-order valence-corrected chi connectivity index (χ0v) is 10.6. The van der Waals surface area contributed by atoms with Gasteiger partial charge in [0.25, 0.3) is 0 Å². The molecule has 0 aromatic carbocycles. The van der Waals surface area contributed by atoms with Gasteiger partial charge in [0.1, 0.15) is 5.69 Å². The summed E-state index contributed by atoms with van der Waals surface area (Å²) in [7, 11) is 0. The summed E-state index contributed by atoms with van der Waals surface area (Å²) in [5.74, 6) is -0.111. The number of ketones is 1. The van der Waals surface area contributed by atoms with E-state index in [0.717, 1.165) is 4.90 Å². The van der Waals surface area contributed by atoms with Gasteiger partial charge in [0.05, 0.1) is 5.38 Å². The van der Waals surface area contributed by atoms with Crippen molar-refractivity contribution in [2.24, 2.45) is 0 Å². The number of halogens is 1. The van der Waals surface area contributed by atoms with E-state index in [2.05, 4.69) is 18.8 Å². The predicted molar refractivity (Wildman–Crippen MR) is 64.9 cm³/mol. The minimum absolute atomic E-state index is 0.111. The first kappa shape index (κ1) is 12.5. The molecule has 0 amide bonds. The fourth-order valence-electron chi connectivity index (χ4n) is 1.11. The Balaban J connectivity index is 3.01. The number of thioether (sulfide) groups is 1. The molecular formula is C11H14ClNOS. The monoisotopic (exact) mass is 243 g/mol. The molecule has 0 bridgehead atoms. The first-order valence-corrected chi connectivity index (χ1v) is 6.14. The van der Waals surface area contributed by atoms with Crippen LogP contribution in [0.3, 0.4) is 0 Å². The maximum atomic E-state index is 11.7. The predicted octanol–water partition coefficient (Wildman–Crippen LogP) is 3.39. The Labute approximate surface area is 99.4 Å². The highest BCUT2D eigenvalue weighted by atomic mass is 35.5. The Hall–Kier alpha value is -0.540. The Bertz CT molecular complexity index is 352. The third-order valence-electron chi connectivity index (χ3n) is 1.73. The van der Waals surface area contributed by atoms with Gasteiger partial charge in [-0.25, -0.2) is 0 Å². The lowest BCUT2D eigenvalue weighted by Crippen LogP contribution is -2.13. The summed E-state index contributed by atoms with van der Waals surface area (Å²) in [6, 6.07) is 3.74. The fraction of sp³-hybridized carbons (Fsp3) is 0.455. The average molecular weight is 244 g/mol. The van der Waals surface area contributed by atoms with Gasteiger partial charge in [0, 0.05) is 16.3 Å². The van der Waals surface area contributed by atoms with Crippen LogP contribution in [-0.2, 0) is 0 Å². The van der Waals surface area contributed by atoms with Gasteiger partial charge in [-0.1, -0.05) is 13.8 Å². The highest BCUT2D eigenvalue weighted by Gasteiger charge is 2.18. The summed E-state index contributed by atoms with van der Waals surface area (Å²) < 4.78 is 0. The summed E-state index contributed by atoms with van der Waals surface area (Å²) in [5, 5.41) is -0.0993. The second-order valence-corrected chi connectivity index (χ2v) is 5.77. The Morgan fingerprint density at radius 2 is 2.13 bits per heavy atom. The standard InChI is InChI=1S/C11H14ClNOS/c1-7(2)15-9-5-4-6-13-10(9)11(14)8(3)12/h4-8H,1-3H3. The number of nitrogens with zero attached hydrogens (tertiary/aromatic N) is 1.